The summed E-state index contributed by atoms with van der Waals surface area (Å²) in [5.74, 6) is 0.932. The highest BCUT2D eigenvalue weighted by atomic mass is 16.5. The van der Waals surface area contributed by atoms with Crippen molar-refractivity contribution in [2.75, 3.05) is 44.8 Å². The number of hydrogen-bond acceptors (Lipinski definition) is 7. The quantitative estimate of drug-likeness (QED) is 0.835. The molecule has 8 nitrogen and oxygen atoms in total. The molecular weight excluding hydrogens is 296 g/mol. The Kier molecular flexibility index (Phi) is 3.67. The van der Waals surface area contributed by atoms with E-state index in [2.05, 4.69) is 32.1 Å². The highest BCUT2D eigenvalue weighted by Crippen LogP contribution is 2.25. The van der Waals surface area contributed by atoms with Crippen molar-refractivity contribution in [2.24, 2.45) is 0 Å². The van der Waals surface area contributed by atoms with Crippen LogP contribution in [0.5, 0.6) is 0 Å². The van der Waals surface area contributed by atoms with Gasteiger partial charge >= 0.3 is 0 Å². The first-order valence-corrected chi connectivity index (χ1v) is 8.05. The standard InChI is InChI=1S/C15H22N6O2/c1-19(9-15(22)5-2-6-23-10-15)12-7-20(8-12)14-4-3-13-17-16-11-21(13)18-14/h3-4,11-12,22H,2,5-10H2,1H3. The van der Waals surface area contributed by atoms with Crippen molar-refractivity contribution >= 4 is 11.5 Å². The summed E-state index contributed by atoms with van der Waals surface area (Å²) < 4.78 is 7.12. The van der Waals surface area contributed by atoms with Crippen molar-refractivity contribution in [1.29, 1.82) is 0 Å². The predicted octanol–water partition coefficient (Wildman–Crippen LogP) is -0.214. The first-order valence-electron chi connectivity index (χ1n) is 8.05. The summed E-state index contributed by atoms with van der Waals surface area (Å²) in [5, 5.41) is 22.9. The molecule has 2 aliphatic rings. The Balaban J connectivity index is 1.35. The molecule has 0 aromatic carbocycles. The zero-order valence-corrected chi connectivity index (χ0v) is 13.3. The summed E-state index contributed by atoms with van der Waals surface area (Å²) in [4.78, 5) is 4.46. The molecule has 23 heavy (non-hydrogen) atoms. The van der Waals surface area contributed by atoms with Crippen molar-refractivity contribution in [1.82, 2.24) is 24.7 Å². The average Bonchev–Trinajstić information content (AvgIpc) is 2.93. The van der Waals surface area contributed by atoms with Crippen molar-refractivity contribution in [3.8, 4) is 0 Å². The summed E-state index contributed by atoms with van der Waals surface area (Å²) in [7, 11) is 2.07. The lowest BCUT2D eigenvalue weighted by atomic mass is 9.95. The van der Waals surface area contributed by atoms with Crippen molar-refractivity contribution in [3.63, 3.8) is 0 Å². The molecular formula is C15H22N6O2. The van der Waals surface area contributed by atoms with Crippen LogP contribution in [0.15, 0.2) is 18.5 Å². The lowest BCUT2D eigenvalue weighted by molar-refractivity contribution is -0.102. The largest absolute Gasteiger partial charge is 0.386 e. The molecule has 8 heteroatoms. The Labute approximate surface area is 134 Å². The number of aliphatic hydroxyl groups is 1. The Morgan fingerprint density at radius 1 is 1.43 bits per heavy atom. The van der Waals surface area contributed by atoms with Gasteiger partial charge in [-0.05, 0) is 32.0 Å². The third-order valence-electron chi connectivity index (χ3n) is 4.80. The first kappa shape index (κ1) is 14.8. The molecule has 124 valence electrons. The van der Waals surface area contributed by atoms with Crippen LogP contribution < -0.4 is 4.90 Å². The number of likely N-dealkylation sites (N-methyl/N-ethyl adjacent to an activating group) is 1. The minimum atomic E-state index is -0.701. The van der Waals surface area contributed by atoms with E-state index in [4.69, 9.17) is 4.74 Å². The van der Waals surface area contributed by atoms with E-state index < -0.39 is 5.60 Å². The molecule has 0 bridgehead atoms. The Hall–Kier alpha value is -1.77. The summed E-state index contributed by atoms with van der Waals surface area (Å²) >= 11 is 0. The van der Waals surface area contributed by atoms with Gasteiger partial charge in [0.15, 0.2) is 5.65 Å². The van der Waals surface area contributed by atoms with Crippen LogP contribution in [0.1, 0.15) is 12.8 Å². The van der Waals surface area contributed by atoms with Gasteiger partial charge in [-0.2, -0.15) is 4.52 Å². The van der Waals surface area contributed by atoms with E-state index >= 15 is 0 Å². The summed E-state index contributed by atoms with van der Waals surface area (Å²) in [5.41, 5.74) is 0.0510. The van der Waals surface area contributed by atoms with E-state index in [0.29, 0.717) is 19.2 Å². The average molecular weight is 318 g/mol. The Bertz CT molecular complexity index is 677. The van der Waals surface area contributed by atoms with E-state index in [-0.39, 0.29) is 0 Å². The van der Waals surface area contributed by atoms with Gasteiger partial charge in [-0.15, -0.1) is 15.3 Å². The van der Waals surface area contributed by atoms with Crippen LogP contribution >= 0.6 is 0 Å². The molecule has 2 saturated heterocycles. The molecule has 2 aliphatic heterocycles. The van der Waals surface area contributed by atoms with Crippen LogP contribution in [-0.2, 0) is 4.74 Å². The fourth-order valence-electron chi connectivity index (χ4n) is 3.36. The van der Waals surface area contributed by atoms with Crippen LogP contribution in [0.3, 0.4) is 0 Å². The monoisotopic (exact) mass is 318 g/mol. The van der Waals surface area contributed by atoms with Gasteiger partial charge in [0, 0.05) is 32.3 Å². The molecule has 2 aromatic rings. The molecule has 1 unspecified atom stereocenters. The number of anilines is 1. The maximum atomic E-state index is 10.6. The zero-order valence-electron chi connectivity index (χ0n) is 13.3. The summed E-state index contributed by atoms with van der Waals surface area (Å²) in [6, 6.07) is 4.33. The first-order chi connectivity index (χ1) is 11.1. The molecule has 0 saturated carbocycles. The molecule has 4 rings (SSSR count). The highest BCUT2D eigenvalue weighted by Gasteiger charge is 2.37. The molecule has 4 heterocycles. The molecule has 1 N–H and O–H groups in total. The van der Waals surface area contributed by atoms with Gasteiger partial charge < -0.3 is 14.7 Å². The molecule has 0 radical (unpaired) electrons. The van der Waals surface area contributed by atoms with E-state index in [9.17, 15) is 5.11 Å². The fraction of sp³-hybridized carbons (Fsp3) is 0.667. The second-order valence-corrected chi connectivity index (χ2v) is 6.68. The minimum Gasteiger partial charge on any atom is -0.386 e. The number of rotatable bonds is 4. The van der Waals surface area contributed by atoms with Crippen LogP contribution in [0.2, 0.25) is 0 Å². The van der Waals surface area contributed by atoms with Crippen molar-refractivity contribution in [2.45, 2.75) is 24.5 Å². The van der Waals surface area contributed by atoms with E-state index in [0.717, 1.165) is 44.0 Å². The number of ether oxygens (including phenoxy) is 1. The van der Waals surface area contributed by atoms with E-state index in [1.54, 1.807) is 10.8 Å². The minimum absolute atomic E-state index is 0.430. The Morgan fingerprint density at radius 3 is 3.09 bits per heavy atom. The zero-order chi connectivity index (χ0) is 15.9. The van der Waals surface area contributed by atoms with Crippen LogP contribution in [0.25, 0.3) is 5.65 Å². The van der Waals surface area contributed by atoms with Gasteiger partial charge in [0.25, 0.3) is 0 Å². The smallest absolute Gasteiger partial charge is 0.177 e. The van der Waals surface area contributed by atoms with Gasteiger partial charge in [0.1, 0.15) is 17.7 Å². The van der Waals surface area contributed by atoms with Gasteiger partial charge in [-0.25, -0.2) is 0 Å². The molecule has 0 spiro atoms. The SMILES string of the molecule is CN(CC1(O)CCCOC1)C1CN(c2ccc3nncn3n2)C1. The number of aromatic nitrogens is 4. The van der Waals surface area contributed by atoms with Crippen molar-refractivity contribution in [3.05, 3.63) is 18.5 Å². The van der Waals surface area contributed by atoms with Gasteiger partial charge in [0.05, 0.1) is 6.61 Å². The van der Waals surface area contributed by atoms with Crippen LogP contribution in [0.4, 0.5) is 5.82 Å². The van der Waals surface area contributed by atoms with Crippen LogP contribution in [-0.4, -0.2) is 81.4 Å². The molecule has 0 aliphatic carbocycles. The van der Waals surface area contributed by atoms with Crippen molar-refractivity contribution < 1.29 is 9.84 Å². The second kappa shape index (κ2) is 5.70. The number of nitrogens with zero attached hydrogens (tertiary/aromatic N) is 6. The summed E-state index contributed by atoms with van der Waals surface area (Å²) in [6.45, 7) is 3.69. The third-order valence-corrected chi connectivity index (χ3v) is 4.80. The topological polar surface area (TPSA) is 79.0 Å². The number of fused-ring (bicyclic) bond motifs is 1. The molecule has 0 amide bonds. The molecule has 2 fully saturated rings. The maximum Gasteiger partial charge on any atom is 0.177 e. The van der Waals surface area contributed by atoms with E-state index in [1.807, 2.05) is 12.1 Å². The Morgan fingerprint density at radius 2 is 2.30 bits per heavy atom. The maximum absolute atomic E-state index is 10.6. The lowest BCUT2D eigenvalue weighted by Crippen LogP contribution is -2.62. The van der Waals surface area contributed by atoms with Crippen LogP contribution in [0, 0.1) is 0 Å². The predicted molar refractivity (Wildman–Crippen MR) is 84.4 cm³/mol. The molecule has 2 aromatic heterocycles. The molecule has 1 atom stereocenters. The number of hydrogen-bond donors (Lipinski definition) is 1. The highest BCUT2D eigenvalue weighted by molar-refractivity contribution is 5.47. The van der Waals surface area contributed by atoms with Gasteiger partial charge in [0.2, 0.25) is 0 Å². The van der Waals surface area contributed by atoms with Gasteiger partial charge in [-0.3, -0.25) is 4.90 Å². The van der Waals surface area contributed by atoms with Gasteiger partial charge in [-0.1, -0.05) is 0 Å². The fourth-order valence-corrected chi connectivity index (χ4v) is 3.36. The third kappa shape index (κ3) is 2.89. The lowest BCUT2D eigenvalue weighted by Gasteiger charge is -2.47. The normalized spacial score (nSPS) is 26.0. The van der Waals surface area contributed by atoms with E-state index in [1.165, 1.54) is 0 Å². The summed E-state index contributed by atoms with van der Waals surface area (Å²) in [6.07, 6.45) is 3.37. The second-order valence-electron chi connectivity index (χ2n) is 6.68.